The highest BCUT2D eigenvalue weighted by Gasteiger charge is 2.35. The lowest BCUT2D eigenvalue weighted by atomic mass is 9.83. The summed E-state index contributed by atoms with van der Waals surface area (Å²) in [6.07, 6.45) is 3.34. The zero-order valence-electron chi connectivity index (χ0n) is 10.5. The Hall–Kier alpha value is -1.35. The summed E-state index contributed by atoms with van der Waals surface area (Å²) in [4.78, 5) is 14.5. The number of rotatable bonds is 2. The van der Waals surface area contributed by atoms with Crippen LogP contribution in [-0.2, 0) is 9.53 Å². The van der Waals surface area contributed by atoms with E-state index in [-0.39, 0.29) is 12.0 Å². The van der Waals surface area contributed by atoms with E-state index in [1.807, 2.05) is 23.1 Å². The van der Waals surface area contributed by atoms with Crippen LogP contribution in [0.5, 0.6) is 0 Å². The minimum Gasteiger partial charge on any atom is -0.377 e. The molecule has 0 spiro atoms. The maximum atomic E-state index is 12.4. The molecule has 18 heavy (non-hydrogen) atoms. The van der Waals surface area contributed by atoms with E-state index in [9.17, 15) is 4.79 Å². The first-order valence-corrected chi connectivity index (χ1v) is 6.79. The molecule has 3 rings (SSSR count). The summed E-state index contributed by atoms with van der Waals surface area (Å²) in [6, 6.07) is 10.3. The van der Waals surface area contributed by atoms with Crippen LogP contribution in [0.25, 0.3) is 0 Å². The molecule has 2 aliphatic rings. The number of nitrogens with zero attached hydrogens (tertiary/aromatic N) is 1. The number of hydrogen-bond acceptors (Lipinski definition) is 2. The molecule has 1 atom stereocenters. The lowest BCUT2D eigenvalue weighted by molar-refractivity contribution is -0.147. The van der Waals surface area contributed by atoms with E-state index >= 15 is 0 Å². The summed E-state index contributed by atoms with van der Waals surface area (Å²) in [5, 5.41) is 0. The van der Waals surface area contributed by atoms with Crippen LogP contribution in [0.1, 0.15) is 30.9 Å². The molecular weight excluding hydrogens is 226 g/mol. The fraction of sp³-hybridized carbons (Fsp3) is 0.533. The minimum absolute atomic E-state index is 0.105. The average Bonchev–Trinajstić information content (AvgIpc) is 2.38. The van der Waals surface area contributed by atoms with E-state index in [0.717, 1.165) is 19.4 Å². The Morgan fingerprint density at radius 1 is 1.22 bits per heavy atom. The van der Waals surface area contributed by atoms with Crippen LogP contribution < -0.4 is 0 Å². The van der Waals surface area contributed by atoms with Crippen LogP contribution >= 0.6 is 0 Å². The molecule has 1 aliphatic carbocycles. The third-order valence-corrected chi connectivity index (χ3v) is 4.05. The first-order chi connectivity index (χ1) is 8.86. The number of carbonyl (C=O) groups excluding carboxylic acids is 1. The highest BCUT2D eigenvalue weighted by atomic mass is 16.5. The molecule has 0 bridgehead atoms. The fourth-order valence-electron chi connectivity index (χ4n) is 2.71. The Labute approximate surface area is 108 Å². The van der Waals surface area contributed by atoms with Crippen LogP contribution in [0.15, 0.2) is 30.3 Å². The van der Waals surface area contributed by atoms with Crippen molar-refractivity contribution in [2.45, 2.75) is 25.3 Å². The molecule has 2 fully saturated rings. The summed E-state index contributed by atoms with van der Waals surface area (Å²) < 4.78 is 5.55. The van der Waals surface area contributed by atoms with Crippen molar-refractivity contribution in [1.82, 2.24) is 4.90 Å². The molecule has 1 aromatic rings. The number of hydrogen-bond donors (Lipinski definition) is 0. The SMILES string of the molecule is O=C(C1CCC1)N1CCOCC1c1ccccc1. The van der Waals surface area contributed by atoms with Crippen molar-refractivity contribution in [1.29, 1.82) is 0 Å². The second-order valence-corrected chi connectivity index (χ2v) is 5.16. The maximum absolute atomic E-state index is 12.4. The normalized spacial score (nSPS) is 24.7. The van der Waals surface area contributed by atoms with Gasteiger partial charge in [0.2, 0.25) is 5.91 Å². The molecule has 1 saturated carbocycles. The van der Waals surface area contributed by atoms with Crippen molar-refractivity contribution in [2.75, 3.05) is 19.8 Å². The molecule has 0 N–H and O–H groups in total. The molecule has 1 unspecified atom stereocenters. The highest BCUT2D eigenvalue weighted by molar-refractivity contribution is 5.80. The summed E-state index contributed by atoms with van der Waals surface area (Å²) in [6.45, 7) is 2.03. The van der Waals surface area contributed by atoms with Gasteiger partial charge in [0.15, 0.2) is 0 Å². The van der Waals surface area contributed by atoms with Crippen molar-refractivity contribution in [3.05, 3.63) is 35.9 Å². The monoisotopic (exact) mass is 245 g/mol. The third-order valence-electron chi connectivity index (χ3n) is 4.05. The van der Waals surface area contributed by atoms with Crippen molar-refractivity contribution in [3.63, 3.8) is 0 Å². The van der Waals surface area contributed by atoms with Gasteiger partial charge in [-0.3, -0.25) is 4.79 Å². The summed E-state index contributed by atoms with van der Waals surface area (Å²) in [5.74, 6) is 0.604. The molecule has 1 heterocycles. The molecule has 3 heteroatoms. The molecule has 1 amide bonds. The first-order valence-electron chi connectivity index (χ1n) is 6.79. The molecule has 96 valence electrons. The average molecular weight is 245 g/mol. The fourth-order valence-corrected chi connectivity index (χ4v) is 2.71. The van der Waals surface area contributed by atoms with Crippen molar-refractivity contribution >= 4 is 5.91 Å². The Kier molecular flexibility index (Phi) is 3.33. The zero-order chi connectivity index (χ0) is 12.4. The minimum atomic E-state index is 0.105. The van der Waals surface area contributed by atoms with Gasteiger partial charge < -0.3 is 9.64 Å². The van der Waals surface area contributed by atoms with Gasteiger partial charge in [0.25, 0.3) is 0 Å². The van der Waals surface area contributed by atoms with E-state index in [0.29, 0.717) is 19.1 Å². The van der Waals surface area contributed by atoms with Crippen LogP contribution in [-0.4, -0.2) is 30.6 Å². The second kappa shape index (κ2) is 5.11. The van der Waals surface area contributed by atoms with E-state index in [1.165, 1.54) is 12.0 Å². The number of carbonyl (C=O) groups is 1. The van der Waals surface area contributed by atoms with Gasteiger partial charge in [-0.1, -0.05) is 36.8 Å². The Balaban J connectivity index is 1.79. The van der Waals surface area contributed by atoms with Gasteiger partial charge >= 0.3 is 0 Å². The van der Waals surface area contributed by atoms with Gasteiger partial charge in [-0.2, -0.15) is 0 Å². The summed E-state index contributed by atoms with van der Waals surface area (Å²) in [7, 11) is 0. The first kappa shape index (κ1) is 11.7. The molecule has 1 aromatic carbocycles. The Bertz CT molecular complexity index is 414. The van der Waals surface area contributed by atoms with Crippen molar-refractivity contribution in [3.8, 4) is 0 Å². The topological polar surface area (TPSA) is 29.5 Å². The molecule has 1 aliphatic heterocycles. The lowest BCUT2D eigenvalue weighted by Gasteiger charge is -2.39. The molecule has 3 nitrogen and oxygen atoms in total. The largest absolute Gasteiger partial charge is 0.377 e. The van der Waals surface area contributed by atoms with Crippen LogP contribution in [0.3, 0.4) is 0 Å². The van der Waals surface area contributed by atoms with Crippen LogP contribution in [0, 0.1) is 5.92 Å². The van der Waals surface area contributed by atoms with Gasteiger partial charge in [0, 0.05) is 12.5 Å². The number of morpholine rings is 1. The standard InChI is InChI=1S/C15H19NO2/c17-15(13-7-4-8-13)16-9-10-18-11-14(16)12-5-2-1-3-6-12/h1-3,5-6,13-14H,4,7-11H2. The van der Waals surface area contributed by atoms with Crippen LogP contribution in [0.4, 0.5) is 0 Å². The molecule has 1 saturated heterocycles. The van der Waals surface area contributed by atoms with Gasteiger partial charge in [0.1, 0.15) is 0 Å². The van der Waals surface area contributed by atoms with Gasteiger partial charge in [-0.15, -0.1) is 0 Å². The van der Waals surface area contributed by atoms with Crippen molar-refractivity contribution < 1.29 is 9.53 Å². The predicted octanol–water partition coefficient (Wildman–Crippen LogP) is 2.39. The highest BCUT2D eigenvalue weighted by Crippen LogP contribution is 2.32. The maximum Gasteiger partial charge on any atom is 0.226 e. The van der Waals surface area contributed by atoms with Gasteiger partial charge in [-0.05, 0) is 18.4 Å². The van der Waals surface area contributed by atoms with E-state index < -0.39 is 0 Å². The van der Waals surface area contributed by atoms with Crippen LogP contribution in [0.2, 0.25) is 0 Å². The number of amides is 1. The summed E-state index contributed by atoms with van der Waals surface area (Å²) in [5.41, 5.74) is 1.19. The van der Waals surface area contributed by atoms with Gasteiger partial charge in [-0.25, -0.2) is 0 Å². The van der Waals surface area contributed by atoms with E-state index in [2.05, 4.69) is 12.1 Å². The van der Waals surface area contributed by atoms with E-state index in [4.69, 9.17) is 4.74 Å². The second-order valence-electron chi connectivity index (χ2n) is 5.16. The molecule has 0 aromatic heterocycles. The third kappa shape index (κ3) is 2.15. The quantitative estimate of drug-likeness (QED) is 0.800. The Morgan fingerprint density at radius 2 is 2.00 bits per heavy atom. The smallest absolute Gasteiger partial charge is 0.226 e. The van der Waals surface area contributed by atoms with Crippen molar-refractivity contribution in [2.24, 2.45) is 5.92 Å². The number of ether oxygens (including phenoxy) is 1. The molecular formula is C15H19NO2. The Morgan fingerprint density at radius 3 is 2.67 bits per heavy atom. The van der Waals surface area contributed by atoms with E-state index in [1.54, 1.807) is 0 Å². The zero-order valence-corrected chi connectivity index (χ0v) is 10.5. The lowest BCUT2D eigenvalue weighted by Crippen LogP contribution is -2.47. The number of benzene rings is 1. The molecule has 0 radical (unpaired) electrons. The predicted molar refractivity (Wildman–Crippen MR) is 69.1 cm³/mol. The summed E-state index contributed by atoms with van der Waals surface area (Å²) >= 11 is 0. The van der Waals surface area contributed by atoms with Gasteiger partial charge in [0.05, 0.1) is 19.3 Å².